The van der Waals surface area contributed by atoms with Gasteiger partial charge in [0.25, 0.3) is 5.91 Å². The highest BCUT2D eigenvalue weighted by atomic mass is 35.5. The van der Waals surface area contributed by atoms with Crippen molar-refractivity contribution in [2.45, 2.75) is 19.8 Å². The van der Waals surface area contributed by atoms with Crippen LogP contribution in [0, 0.1) is 6.92 Å². The summed E-state index contributed by atoms with van der Waals surface area (Å²) in [6.07, 6.45) is 4.81. The Balaban J connectivity index is 1.79. The second kappa shape index (κ2) is 7.41. The average Bonchev–Trinajstić information content (AvgIpc) is 3.31. The Hall–Kier alpha value is -3.05. The van der Waals surface area contributed by atoms with Crippen molar-refractivity contribution in [3.63, 3.8) is 0 Å². The van der Waals surface area contributed by atoms with Crippen molar-refractivity contribution in [1.82, 2.24) is 4.98 Å². The molecule has 2 N–H and O–H groups in total. The van der Waals surface area contributed by atoms with Crippen LogP contribution >= 0.6 is 11.6 Å². The van der Waals surface area contributed by atoms with Crippen molar-refractivity contribution in [2.24, 2.45) is 0 Å². The lowest BCUT2D eigenvalue weighted by atomic mass is 9.92. The zero-order valence-electron chi connectivity index (χ0n) is 16.2. The number of allylic oxidation sites excluding steroid dienone is 1. The van der Waals surface area contributed by atoms with E-state index in [9.17, 15) is 14.7 Å². The zero-order chi connectivity index (χ0) is 20.7. The number of phenolic OH excluding ortho intramolecular Hbond substituents is 1. The van der Waals surface area contributed by atoms with Gasteiger partial charge in [0.1, 0.15) is 11.4 Å². The molecule has 2 heterocycles. The molecule has 148 valence electrons. The highest BCUT2D eigenvalue weighted by Crippen LogP contribution is 2.46. The Labute approximate surface area is 173 Å². The molecule has 0 fully saturated rings. The summed E-state index contributed by atoms with van der Waals surface area (Å²) in [5, 5.41) is 12.3. The van der Waals surface area contributed by atoms with Gasteiger partial charge in [-0.25, -0.2) is 0 Å². The summed E-state index contributed by atoms with van der Waals surface area (Å²) in [4.78, 5) is 29.0. The molecule has 3 aromatic rings. The van der Waals surface area contributed by atoms with E-state index in [2.05, 4.69) is 4.98 Å². The lowest BCUT2D eigenvalue weighted by Crippen LogP contribution is -2.30. The maximum Gasteiger partial charge on any atom is 0.274 e. The smallest absolute Gasteiger partial charge is 0.274 e. The molecule has 2 aromatic carbocycles. The lowest BCUT2D eigenvalue weighted by Gasteiger charge is -2.18. The van der Waals surface area contributed by atoms with Crippen LogP contribution in [0.4, 0.5) is 5.69 Å². The quantitative estimate of drug-likeness (QED) is 0.482. The number of nitrogens with zero attached hydrogens (tertiary/aromatic N) is 1. The van der Waals surface area contributed by atoms with Crippen LogP contribution in [-0.4, -0.2) is 34.2 Å². The van der Waals surface area contributed by atoms with Gasteiger partial charge in [-0.2, -0.15) is 0 Å². The summed E-state index contributed by atoms with van der Waals surface area (Å²) in [7, 11) is 0. The van der Waals surface area contributed by atoms with Gasteiger partial charge < -0.3 is 15.0 Å². The van der Waals surface area contributed by atoms with Crippen LogP contribution in [0.5, 0.6) is 5.75 Å². The minimum atomic E-state index is -0.200. The highest BCUT2D eigenvalue weighted by molar-refractivity contribution is 6.19. The van der Waals surface area contributed by atoms with E-state index in [0.717, 1.165) is 27.5 Å². The molecule has 1 aliphatic heterocycles. The van der Waals surface area contributed by atoms with Crippen molar-refractivity contribution in [2.75, 3.05) is 17.3 Å². The Morgan fingerprint density at radius 1 is 1.34 bits per heavy atom. The van der Waals surface area contributed by atoms with Gasteiger partial charge in [-0.15, -0.1) is 11.6 Å². The van der Waals surface area contributed by atoms with E-state index in [4.69, 9.17) is 11.6 Å². The fourth-order valence-corrected chi connectivity index (χ4v) is 4.26. The lowest BCUT2D eigenvalue weighted by molar-refractivity contribution is -0.112. The molecule has 1 aromatic heterocycles. The molecule has 4 rings (SSSR count). The second-order valence-electron chi connectivity index (χ2n) is 7.38. The van der Waals surface area contributed by atoms with Gasteiger partial charge in [-0.1, -0.05) is 18.2 Å². The molecular weight excluding hydrogens is 388 g/mol. The Kier molecular flexibility index (Phi) is 4.92. The summed E-state index contributed by atoms with van der Waals surface area (Å²) < 4.78 is 0. The number of anilines is 1. The number of benzene rings is 2. The molecule has 0 aliphatic carbocycles. The fraction of sp³-hybridized carbons (Fsp3) is 0.217. The van der Waals surface area contributed by atoms with Gasteiger partial charge in [-0.3, -0.25) is 9.59 Å². The number of carbonyl (C=O) groups is 2. The van der Waals surface area contributed by atoms with E-state index in [1.807, 2.05) is 25.1 Å². The number of phenols is 1. The van der Waals surface area contributed by atoms with Gasteiger partial charge >= 0.3 is 0 Å². The van der Waals surface area contributed by atoms with Crippen molar-refractivity contribution in [3.8, 4) is 5.75 Å². The summed E-state index contributed by atoms with van der Waals surface area (Å²) in [6, 6.07) is 9.15. The van der Waals surface area contributed by atoms with Gasteiger partial charge in [0, 0.05) is 36.0 Å². The van der Waals surface area contributed by atoms with E-state index >= 15 is 0 Å². The summed E-state index contributed by atoms with van der Waals surface area (Å²) in [6.45, 7) is 3.92. The molecule has 5 nitrogen and oxygen atoms in total. The van der Waals surface area contributed by atoms with Crippen molar-refractivity contribution < 1.29 is 14.7 Å². The number of H-pyrrole nitrogens is 1. The molecule has 6 heteroatoms. The average molecular weight is 409 g/mol. The van der Waals surface area contributed by atoms with E-state index in [-0.39, 0.29) is 23.4 Å². The van der Waals surface area contributed by atoms with Gasteiger partial charge in [0.15, 0.2) is 5.78 Å². The largest absolute Gasteiger partial charge is 0.507 e. The Morgan fingerprint density at radius 2 is 2.14 bits per heavy atom. The van der Waals surface area contributed by atoms with Crippen LogP contribution in [0.15, 0.2) is 42.6 Å². The number of fused-ring (bicyclic) bond motifs is 3. The molecule has 1 atom stereocenters. The maximum atomic E-state index is 13.2. The number of aromatic amines is 1. The fourth-order valence-electron chi connectivity index (χ4n) is 4.01. The molecule has 1 aliphatic rings. The number of hydrogen-bond acceptors (Lipinski definition) is 3. The number of aryl methyl sites for hydroxylation is 1. The minimum absolute atomic E-state index is 0.0214. The highest BCUT2D eigenvalue weighted by Gasteiger charge is 2.35. The van der Waals surface area contributed by atoms with Crippen molar-refractivity contribution in [3.05, 3.63) is 65.0 Å². The molecule has 0 unspecified atom stereocenters. The number of aromatic hydroxyl groups is 1. The molecule has 0 saturated heterocycles. The normalized spacial score (nSPS) is 16.0. The van der Waals surface area contributed by atoms with Crippen molar-refractivity contribution >= 4 is 45.8 Å². The molecule has 1 amide bonds. The monoisotopic (exact) mass is 408 g/mol. The van der Waals surface area contributed by atoms with Crippen LogP contribution in [0.1, 0.15) is 40.0 Å². The van der Waals surface area contributed by atoms with E-state index in [1.54, 1.807) is 29.3 Å². The molecule has 29 heavy (non-hydrogen) atoms. The number of carbonyl (C=O) groups excluding carboxylic acids is 2. The molecule has 0 spiro atoms. The van der Waals surface area contributed by atoms with Crippen LogP contribution in [-0.2, 0) is 4.79 Å². The molecule has 0 saturated carbocycles. The van der Waals surface area contributed by atoms with Gasteiger partial charge in [0.05, 0.1) is 5.69 Å². The Bertz CT molecular complexity index is 1160. The van der Waals surface area contributed by atoms with Crippen LogP contribution in [0.2, 0.25) is 0 Å². The first-order valence-corrected chi connectivity index (χ1v) is 9.94. The number of hydrogen-bond donors (Lipinski definition) is 2. The number of nitrogens with one attached hydrogen (secondary N) is 1. The third-order valence-electron chi connectivity index (χ3n) is 5.35. The first-order valence-electron chi connectivity index (χ1n) is 9.40. The van der Waals surface area contributed by atoms with Crippen LogP contribution in [0.3, 0.4) is 0 Å². The minimum Gasteiger partial charge on any atom is -0.507 e. The van der Waals surface area contributed by atoms with E-state index < -0.39 is 0 Å². The number of alkyl halides is 1. The predicted molar refractivity (Wildman–Crippen MR) is 116 cm³/mol. The van der Waals surface area contributed by atoms with Gasteiger partial charge in [0.2, 0.25) is 0 Å². The zero-order valence-corrected chi connectivity index (χ0v) is 17.0. The standard InChI is InChI=1S/C23H21ClN2O3/c1-13-4-3-5-17-20(28)9-19-22(21(13)17)16(10-24)12-26(19)23(29)18-8-15(11-25-18)7-6-14(2)27/h3-9,11,16,25,28H,10,12H2,1-2H3/t16-/m1/s1. The summed E-state index contributed by atoms with van der Waals surface area (Å²) in [5.74, 6) is 0.241. The van der Waals surface area contributed by atoms with Crippen LogP contribution < -0.4 is 4.90 Å². The van der Waals surface area contributed by atoms with Crippen molar-refractivity contribution in [1.29, 1.82) is 0 Å². The SMILES string of the molecule is CC(=O)C=Cc1c[nH]c(C(=O)N2C[C@@H](CCl)c3c2cc(O)c2cccc(C)c32)c1. The van der Waals surface area contributed by atoms with Gasteiger partial charge in [-0.05, 0) is 54.1 Å². The molecule has 0 bridgehead atoms. The number of aromatic nitrogens is 1. The Morgan fingerprint density at radius 3 is 2.86 bits per heavy atom. The second-order valence-corrected chi connectivity index (χ2v) is 7.69. The number of amides is 1. The first kappa shape index (κ1) is 19.3. The van der Waals surface area contributed by atoms with E-state index in [0.29, 0.717) is 23.8 Å². The third kappa shape index (κ3) is 3.32. The third-order valence-corrected chi connectivity index (χ3v) is 5.72. The molecular formula is C23H21ClN2O3. The van der Waals surface area contributed by atoms with Crippen LogP contribution in [0.25, 0.3) is 16.8 Å². The maximum absolute atomic E-state index is 13.2. The van der Waals surface area contributed by atoms with E-state index in [1.165, 1.54) is 13.0 Å². The topological polar surface area (TPSA) is 73.4 Å². The number of ketones is 1. The predicted octanol–water partition coefficient (Wildman–Crippen LogP) is 4.77. The number of halogens is 1. The summed E-state index contributed by atoms with van der Waals surface area (Å²) >= 11 is 6.27. The number of rotatable bonds is 4. The first-order chi connectivity index (χ1) is 13.9. The molecule has 0 radical (unpaired) electrons. The summed E-state index contributed by atoms with van der Waals surface area (Å²) in [5.41, 5.74) is 3.89.